The van der Waals surface area contributed by atoms with Crippen molar-refractivity contribution in [2.45, 2.75) is 19.8 Å². The fraction of sp³-hybridized carbons (Fsp3) is 0.263. The van der Waals surface area contributed by atoms with E-state index >= 15 is 0 Å². The van der Waals surface area contributed by atoms with Crippen LogP contribution in [0.2, 0.25) is 0 Å². The van der Waals surface area contributed by atoms with Gasteiger partial charge in [0.2, 0.25) is 5.91 Å². The first kappa shape index (κ1) is 17.5. The minimum atomic E-state index is -0.928. The van der Waals surface area contributed by atoms with Gasteiger partial charge in [-0.15, -0.1) is 0 Å². The van der Waals surface area contributed by atoms with Gasteiger partial charge in [0.15, 0.2) is 0 Å². The summed E-state index contributed by atoms with van der Waals surface area (Å²) in [4.78, 5) is 23.3. The number of aliphatic carboxylic acids is 1. The molecule has 0 aromatic heterocycles. The third kappa shape index (κ3) is 4.84. The Labute approximate surface area is 141 Å². The second-order valence-corrected chi connectivity index (χ2v) is 5.67. The largest absolute Gasteiger partial charge is 0.497 e. The topological polar surface area (TPSA) is 75.6 Å². The van der Waals surface area contributed by atoms with Crippen molar-refractivity contribution >= 4 is 17.6 Å². The number of carboxylic acids is 1. The molecule has 5 nitrogen and oxygen atoms in total. The third-order valence-electron chi connectivity index (χ3n) is 3.77. The van der Waals surface area contributed by atoms with E-state index in [9.17, 15) is 9.59 Å². The van der Waals surface area contributed by atoms with Gasteiger partial charge in [0.25, 0.3) is 0 Å². The Hall–Kier alpha value is -2.82. The van der Waals surface area contributed by atoms with Crippen LogP contribution in [-0.2, 0) is 22.4 Å². The molecule has 0 aliphatic rings. The van der Waals surface area contributed by atoms with E-state index in [1.807, 2.05) is 31.2 Å². The van der Waals surface area contributed by atoms with Gasteiger partial charge < -0.3 is 15.2 Å². The molecule has 0 saturated carbocycles. The average Bonchev–Trinajstić information content (AvgIpc) is 2.56. The van der Waals surface area contributed by atoms with Crippen LogP contribution in [0.3, 0.4) is 0 Å². The van der Waals surface area contributed by atoms with Gasteiger partial charge in [-0.3, -0.25) is 9.59 Å². The maximum atomic E-state index is 12.4. The SMILES string of the molecule is COc1ccc(CC(C)C(=O)Nc2ccccc2CC(=O)O)cc1. The number of carboxylic acid groups (broad SMARTS) is 1. The van der Waals surface area contributed by atoms with Gasteiger partial charge in [-0.05, 0) is 35.7 Å². The number of hydrogen-bond acceptors (Lipinski definition) is 3. The second kappa shape index (κ2) is 8.15. The lowest BCUT2D eigenvalue weighted by atomic mass is 10.00. The monoisotopic (exact) mass is 327 g/mol. The zero-order valence-corrected chi connectivity index (χ0v) is 13.8. The van der Waals surface area contributed by atoms with E-state index in [4.69, 9.17) is 9.84 Å². The van der Waals surface area contributed by atoms with Crippen LogP contribution in [0.15, 0.2) is 48.5 Å². The summed E-state index contributed by atoms with van der Waals surface area (Å²) in [6.45, 7) is 1.85. The molecule has 0 aliphatic heterocycles. The minimum Gasteiger partial charge on any atom is -0.497 e. The third-order valence-corrected chi connectivity index (χ3v) is 3.77. The maximum absolute atomic E-state index is 12.4. The molecule has 0 heterocycles. The summed E-state index contributed by atoms with van der Waals surface area (Å²) >= 11 is 0. The molecule has 0 fully saturated rings. The number of amides is 1. The first-order valence-corrected chi connectivity index (χ1v) is 7.73. The van der Waals surface area contributed by atoms with Crippen molar-refractivity contribution in [2.24, 2.45) is 5.92 Å². The molecule has 2 rings (SSSR count). The highest BCUT2D eigenvalue weighted by atomic mass is 16.5. The molecular formula is C19H21NO4. The van der Waals surface area contributed by atoms with Crippen LogP contribution in [0.1, 0.15) is 18.1 Å². The first-order chi connectivity index (χ1) is 11.5. The van der Waals surface area contributed by atoms with Crippen molar-refractivity contribution in [3.63, 3.8) is 0 Å². The number of para-hydroxylation sites is 1. The van der Waals surface area contributed by atoms with E-state index in [-0.39, 0.29) is 18.2 Å². The van der Waals surface area contributed by atoms with Gasteiger partial charge in [-0.2, -0.15) is 0 Å². The molecule has 0 bridgehead atoms. The number of methoxy groups -OCH3 is 1. The molecule has 1 unspecified atom stereocenters. The number of nitrogens with one attached hydrogen (secondary N) is 1. The Kier molecular flexibility index (Phi) is 5.95. The predicted octanol–water partition coefficient (Wildman–Crippen LogP) is 3.14. The molecule has 1 amide bonds. The molecule has 0 saturated heterocycles. The van der Waals surface area contributed by atoms with E-state index < -0.39 is 5.97 Å². The van der Waals surface area contributed by atoms with Gasteiger partial charge in [0, 0.05) is 11.6 Å². The molecule has 2 N–H and O–H groups in total. The molecule has 0 aliphatic carbocycles. The minimum absolute atomic E-state index is 0.122. The molecule has 24 heavy (non-hydrogen) atoms. The lowest BCUT2D eigenvalue weighted by Crippen LogP contribution is -2.23. The van der Waals surface area contributed by atoms with E-state index in [0.717, 1.165) is 11.3 Å². The smallest absolute Gasteiger partial charge is 0.307 e. The normalized spacial score (nSPS) is 11.6. The fourth-order valence-electron chi connectivity index (χ4n) is 2.42. The Morgan fingerprint density at radius 1 is 1.12 bits per heavy atom. The van der Waals surface area contributed by atoms with Crippen molar-refractivity contribution < 1.29 is 19.4 Å². The summed E-state index contributed by atoms with van der Waals surface area (Å²) in [7, 11) is 1.61. The zero-order chi connectivity index (χ0) is 17.5. The summed E-state index contributed by atoms with van der Waals surface area (Å²) in [5.74, 6) is -0.527. The Morgan fingerprint density at radius 2 is 1.79 bits per heavy atom. The maximum Gasteiger partial charge on any atom is 0.307 e. The van der Waals surface area contributed by atoms with Crippen LogP contribution >= 0.6 is 0 Å². The summed E-state index contributed by atoms with van der Waals surface area (Å²) in [5.41, 5.74) is 2.18. The number of hydrogen-bond donors (Lipinski definition) is 2. The number of ether oxygens (including phenoxy) is 1. The molecule has 1 atom stereocenters. The average molecular weight is 327 g/mol. The fourth-order valence-corrected chi connectivity index (χ4v) is 2.42. The first-order valence-electron chi connectivity index (χ1n) is 7.73. The number of carbonyl (C=O) groups excluding carboxylic acids is 1. The van der Waals surface area contributed by atoms with Crippen molar-refractivity contribution in [1.29, 1.82) is 0 Å². The van der Waals surface area contributed by atoms with Gasteiger partial charge in [0.1, 0.15) is 5.75 Å². The van der Waals surface area contributed by atoms with E-state index in [1.54, 1.807) is 31.4 Å². The number of rotatable bonds is 7. The molecule has 126 valence electrons. The van der Waals surface area contributed by atoms with E-state index in [0.29, 0.717) is 17.7 Å². The standard InChI is InChI=1S/C19H21NO4/c1-13(11-14-7-9-16(24-2)10-8-14)19(23)20-17-6-4-3-5-15(17)12-18(21)22/h3-10,13H,11-12H2,1-2H3,(H,20,23)(H,21,22). The van der Waals surface area contributed by atoms with Crippen LogP contribution in [0.25, 0.3) is 0 Å². The summed E-state index contributed by atoms with van der Waals surface area (Å²) < 4.78 is 5.12. The predicted molar refractivity (Wildman–Crippen MR) is 92.3 cm³/mol. The summed E-state index contributed by atoms with van der Waals surface area (Å²) in [6, 6.07) is 14.5. The highest BCUT2D eigenvalue weighted by molar-refractivity contribution is 5.93. The van der Waals surface area contributed by atoms with Crippen molar-refractivity contribution in [1.82, 2.24) is 0 Å². The Bertz CT molecular complexity index is 710. The van der Waals surface area contributed by atoms with Gasteiger partial charge >= 0.3 is 5.97 Å². The summed E-state index contributed by atoms with van der Waals surface area (Å²) in [6.07, 6.45) is 0.472. The zero-order valence-electron chi connectivity index (χ0n) is 13.8. The van der Waals surface area contributed by atoms with Crippen LogP contribution in [0.4, 0.5) is 5.69 Å². The number of benzene rings is 2. The van der Waals surface area contributed by atoms with Crippen molar-refractivity contribution in [3.8, 4) is 5.75 Å². The van der Waals surface area contributed by atoms with Crippen molar-refractivity contribution in [2.75, 3.05) is 12.4 Å². The molecule has 2 aromatic carbocycles. The molecule has 5 heteroatoms. The Balaban J connectivity index is 2.02. The molecule has 0 spiro atoms. The molecule has 2 aromatic rings. The number of anilines is 1. The van der Waals surface area contributed by atoms with Gasteiger partial charge in [0.05, 0.1) is 13.5 Å². The highest BCUT2D eigenvalue weighted by Crippen LogP contribution is 2.19. The quantitative estimate of drug-likeness (QED) is 0.819. The summed E-state index contributed by atoms with van der Waals surface area (Å²) in [5, 5.41) is 11.8. The van der Waals surface area contributed by atoms with Gasteiger partial charge in [-0.1, -0.05) is 37.3 Å². The van der Waals surface area contributed by atoms with Crippen molar-refractivity contribution in [3.05, 3.63) is 59.7 Å². The lowest BCUT2D eigenvalue weighted by Gasteiger charge is -2.14. The Morgan fingerprint density at radius 3 is 2.42 bits per heavy atom. The van der Waals surface area contributed by atoms with E-state index in [1.165, 1.54) is 0 Å². The van der Waals surface area contributed by atoms with E-state index in [2.05, 4.69) is 5.32 Å². The van der Waals surface area contributed by atoms with Crippen LogP contribution < -0.4 is 10.1 Å². The second-order valence-electron chi connectivity index (χ2n) is 5.67. The van der Waals surface area contributed by atoms with Crippen LogP contribution in [0.5, 0.6) is 5.75 Å². The molecule has 0 radical (unpaired) electrons. The lowest BCUT2D eigenvalue weighted by molar-refractivity contribution is -0.136. The highest BCUT2D eigenvalue weighted by Gasteiger charge is 2.16. The van der Waals surface area contributed by atoms with Crippen LogP contribution in [-0.4, -0.2) is 24.1 Å². The van der Waals surface area contributed by atoms with Crippen LogP contribution in [0, 0.1) is 5.92 Å². The number of carbonyl (C=O) groups is 2. The van der Waals surface area contributed by atoms with Gasteiger partial charge in [-0.25, -0.2) is 0 Å². The molecular weight excluding hydrogens is 306 g/mol.